The normalized spacial score (nSPS) is 20.7. The van der Waals surface area contributed by atoms with Gasteiger partial charge in [-0.3, -0.25) is 4.99 Å². The Hall–Kier alpha value is -3.39. The van der Waals surface area contributed by atoms with E-state index in [0.29, 0.717) is 18.4 Å². The Morgan fingerprint density at radius 2 is 1.92 bits per heavy atom. The number of aromatic nitrogens is 2. The monoisotopic (exact) mass is 334 g/mol. The van der Waals surface area contributed by atoms with Gasteiger partial charge in [0.2, 0.25) is 5.69 Å². The van der Waals surface area contributed by atoms with E-state index in [4.69, 9.17) is 9.84 Å². The van der Waals surface area contributed by atoms with E-state index in [9.17, 15) is 0 Å². The van der Waals surface area contributed by atoms with Gasteiger partial charge in [0.15, 0.2) is 6.20 Å². The van der Waals surface area contributed by atoms with Gasteiger partial charge in [-0.1, -0.05) is 4.59 Å². The number of ether oxygens (including phenoxy) is 1. The predicted molar refractivity (Wildman–Crippen MR) is 97.6 cm³/mol. The zero-order valence-electron chi connectivity index (χ0n) is 13.6. The summed E-state index contributed by atoms with van der Waals surface area (Å²) in [6.07, 6.45) is 10.1. The highest BCUT2D eigenvalue weighted by molar-refractivity contribution is 6.38. The molecule has 25 heavy (non-hydrogen) atoms. The number of hydrogen-bond acceptors (Lipinski definition) is 7. The summed E-state index contributed by atoms with van der Waals surface area (Å²) < 4.78 is 5.51. The van der Waals surface area contributed by atoms with Crippen molar-refractivity contribution in [1.82, 2.24) is 14.6 Å². The second kappa shape index (κ2) is 6.25. The fourth-order valence-electron chi connectivity index (χ4n) is 2.61. The SMILES string of the molecule is CCOc1ccc(NC2=N[N+]3(c4cncnc4)C=CN=CC3=N2)cc1. The Morgan fingerprint density at radius 1 is 1.12 bits per heavy atom. The summed E-state index contributed by atoms with van der Waals surface area (Å²) in [4.78, 5) is 16.9. The Morgan fingerprint density at radius 3 is 2.68 bits per heavy atom. The van der Waals surface area contributed by atoms with Crippen LogP contribution in [0.25, 0.3) is 0 Å². The second-order valence-electron chi connectivity index (χ2n) is 5.33. The topological polar surface area (TPSA) is 84.1 Å². The van der Waals surface area contributed by atoms with Crippen LogP contribution in [0.3, 0.4) is 0 Å². The lowest BCUT2D eigenvalue weighted by Gasteiger charge is -2.22. The molecule has 8 heteroatoms. The fourth-order valence-corrected chi connectivity index (χ4v) is 2.61. The fraction of sp³-hybridized carbons (Fsp3) is 0.118. The molecule has 1 aromatic carbocycles. The first-order chi connectivity index (χ1) is 12.3. The Balaban J connectivity index is 1.64. The van der Waals surface area contributed by atoms with Gasteiger partial charge in [0.25, 0.3) is 11.8 Å². The molecule has 2 aliphatic rings. The summed E-state index contributed by atoms with van der Waals surface area (Å²) >= 11 is 0. The van der Waals surface area contributed by atoms with Gasteiger partial charge in [0.1, 0.15) is 18.3 Å². The van der Waals surface area contributed by atoms with Crippen molar-refractivity contribution in [1.29, 1.82) is 0 Å². The van der Waals surface area contributed by atoms with E-state index in [1.165, 1.54) is 6.33 Å². The standard InChI is InChI=1S/C17H16N7O/c1-2-25-15-5-3-13(4-6-15)21-17-22-16-11-18-7-8-24(16,23-17)14-9-19-12-20-10-14/h3-12H,2H2,1H3,(H,21,23)/q+1. The average Bonchev–Trinajstić information content (AvgIpc) is 3.03. The van der Waals surface area contributed by atoms with Crippen LogP contribution >= 0.6 is 0 Å². The van der Waals surface area contributed by atoms with Crippen molar-refractivity contribution < 1.29 is 4.74 Å². The third-order valence-electron chi connectivity index (χ3n) is 3.74. The maximum Gasteiger partial charge on any atom is 0.287 e. The van der Waals surface area contributed by atoms with Crippen LogP contribution in [-0.4, -0.2) is 34.6 Å². The van der Waals surface area contributed by atoms with Crippen LogP contribution in [0.1, 0.15) is 6.92 Å². The lowest BCUT2D eigenvalue weighted by atomic mass is 10.3. The predicted octanol–water partition coefficient (Wildman–Crippen LogP) is 2.53. The summed E-state index contributed by atoms with van der Waals surface area (Å²) in [7, 11) is 0. The first-order valence-electron chi connectivity index (χ1n) is 7.85. The molecular weight excluding hydrogens is 318 g/mol. The molecule has 0 saturated heterocycles. The minimum absolute atomic E-state index is 0.0592. The van der Waals surface area contributed by atoms with E-state index in [1.807, 2.05) is 37.4 Å². The van der Waals surface area contributed by atoms with E-state index in [2.05, 4.69) is 25.3 Å². The molecule has 4 rings (SSSR count). The van der Waals surface area contributed by atoms with Gasteiger partial charge in [-0.25, -0.2) is 9.97 Å². The number of aliphatic imine (C=N–C) groups is 2. The molecule has 2 aromatic rings. The maximum atomic E-state index is 5.45. The molecule has 3 heterocycles. The van der Waals surface area contributed by atoms with Crippen molar-refractivity contribution in [2.45, 2.75) is 6.92 Å². The number of amidine groups is 1. The summed E-state index contributed by atoms with van der Waals surface area (Å²) in [5.74, 6) is 1.98. The quantitative estimate of drug-likeness (QED) is 0.871. The van der Waals surface area contributed by atoms with Crippen molar-refractivity contribution in [2.24, 2.45) is 15.1 Å². The highest BCUT2D eigenvalue weighted by Gasteiger charge is 2.43. The molecule has 1 atom stereocenters. The zero-order valence-corrected chi connectivity index (χ0v) is 13.6. The van der Waals surface area contributed by atoms with Gasteiger partial charge in [0, 0.05) is 5.69 Å². The summed E-state index contributed by atoms with van der Waals surface area (Å²) in [5, 5.41) is 7.93. The number of guanidine groups is 1. The molecule has 8 nitrogen and oxygen atoms in total. The molecule has 0 spiro atoms. The number of quaternary nitrogens is 1. The molecule has 1 aromatic heterocycles. The number of hydrogen-bond donors (Lipinski definition) is 1. The molecule has 0 radical (unpaired) electrons. The van der Waals surface area contributed by atoms with E-state index >= 15 is 0 Å². The van der Waals surface area contributed by atoms with Gasteiger partial charge in [-0.15, -0.1) is 0 Å². The van der Waals surface area contributed by atoms with Crippen LogP contribution < -0.4 is 14.6 Å². The molecule has 0 aliphatic carbocycles. The van der Waals surface area contributed by atoms with Crippen molar-refractivity contribution in [3.05, 3.63) is 55.4 Å². The van der Waals surface area contributed by atoms with Crippen molar-refractivity contribution in [3.63, 3.8) is 0 Å². The molecule has 0 amide bonds. The van der Waals surface area contributed by atoms with Gasteiger partial charge in [-0.05, 0) is 36.3 Å². The number of nitrogens with zero attached hydrogens (tertiary/aromatic N) is 6. The van der Waals surface area contributed by atoms with Crippen LogP contribution in [0.15, 0.2) is 70.5 Å². The van der Waals surface area contributed by atoms with Gasteiger partial charge in [0.05, 0.1) is 25.2 Å². The summed E-state index contributed by atoms with van der Waals surface area (Å²) in [6, 6.07) is 7.65. The molecular formula is C17H16N7O+. The first kappa shape index (κ1) is 15.2. The molecule has 1 unspecified atom stereocenters. The van der Waals surface area contributed by atoms with Gasteiger partial charge < -0.3 is 10.1 Å². The van der Waals surface area contributed by atoms with E-state index in [1.54, 1.807) is 24.8 Å². The molecule has 0 saturated carbocycles. The second-order valence-corrected chi connectivity index (χ2v) is 5.33. The Bertz CT molecular complexity index is 887. The van der Waals surface area contributed by atoms with E-state index in [0.717, 1.165) is 17.1 Å². The smallest absolute Gasteiger partial charge is 0.287 e. The Labute approximate surface area is 144 Å². The molecule has 0 fully saturated rings. The maximum absolute atomic E-state index is 5.45. The largest absolute Gasteiger partial charge is 0.494 e. The van der Waals surface area contributed by atoms with Gasteiger partial charge >= 0.3 is 0 Å². The van der Waals surface area contributed by atoms with Crippen molar-refractivity contribution in [3.8, 4) is 5.75 Å². The number of fused-ring (bicyclic) bond motifs is 1. The molecule has 0 bridgehead atoms. The highest BCUT2D eigenvalue weighted by atomic mass is 16.5. The lowest BCUT2D eigenvalue weighted by molar-refractivity contribution is 0.340. The summed E-state index contributed by atoms with van der Waals surface area (Å²) in [6.45, 7) is 2.59. The molecule has 1 N–H and O–H groups in total. The zero-order chi connectivity index (χ0) is 17.1. The van der Waals surface area contributed by atoms with Crippen LogP contribution in [-0.2, 0) is 0 Å². The minimum Gasteiger partial charge on any atom is -0.494 e. The van der Waals surface area contributed by atoms with Crippen LogP contribution in [0, 0.1) is 0 Å². The number of benzene rings is 1. The Kier molecular flexibility index (Phi) is 3.79. The first-order valence-corrected chi connectivity index (χ1v) is 7.85. The molecule has 2 aliphatic heterocycles. The lowest BCUT2D eigenvalue weighted by Crippen LogP contribution is -2.44. The number of nitrogens with one attached hydrogen (secondary N) is 1. The average molecular weight is 334 g/mol. The number of anilines is 1. The van der Waals surface area contributed by atoms with Gasteiger partial charge in [-0.2, -0.15) is 4.99 Å². The van der Waals surface area contributed by atoms with E-state index in [-0.39, 0.29) is 4.59 Å². The van der Waals surface area contributed by atoms with Crippen LogP contribution in [0.2, 0.25) is 0 Å². The number of rotatable bonds is 4. The summed E-state index contributed by atoms with van der Waals surface area (Å²) in [5.41, 5.74) is 1.65. The van der Waals surface area contributed by atoms with Crippen LogP contribution in [0.4, 0.5) is 11.4 Å². The third kappa shape index (κ3) is 2.79. The van der Waals surface area contributed by atoms with E-state index < -0.39 is 0 Å². The minimum atomic E-state index is 0.0592. The third-order valence-corrected chi connectivity index (χ3v) is 3.74. The van der Waals surface area contributed by atoms with Crippen molar-refractivity contribution in [2.75, 3.05) is 11.9 Å². The van der Waals surface area contributed by atoms with Crippen molar-refractivity contribution >= 4 is 29.4 Å². The highest BCUT2D eigenvalue weighted by Crippen LogP contribution is 2.29. The molecule has 124 valence electrons. The van der Waals surface area contributed by atoms with Crippen LogP contribution in [0.5, 0.6) is 5.75 Å².